The summed E-state index contributed by atoms with van der Waals surface area (Å²) in [5, 5.41) is 0. The zero-order valence-electron chi connectivity index (χ0n) is 7.25. The summed E-state index contributed by atoms with van der Waals surface area (Å²) in [5.74, 6) is 1.99. The van der Waals surface area contributed by atoms with Gasteiger partial charge in [0, 0.05) is 4.90 Å². The lowest BCUT2D eigenvalue weighted by molar-refractivity contribution is 0.414. The fourth-order valence-corrected chi connectivity index (χ4v) is 1.57. The first-order valence-corrected chi connectivity index (χ1v) is 4.91. The molecule has 1 aromatic carbocycles. The number of methoxy groups -OCH3 is 1. The average Bonchev–Trinajstić information content (AvgIpc) is 2.15. The molecule has 2 heteroatoms. The third-order valence-electron chi connectivity index (χ3n) is 1.47. The number of hydrogen-bond acceptors (Lipinski definition) is 2. The van der Waals surface area contributed by atoms with E-state index in [1.807, 2.05) is 23.9 Å². The molecule has 1 rings (SSSR count). The molecule has 0 spiro atoms. The van der Waals surface area contributed by atoms with Crippen molar-refractivity contribution in [2.24, 2.45) is 0 Å². The van der Waals surface area contributed by atoms with Crippen molar-refractivity contribution < 1.29 is 4.74 Å². The summed E-state index contributed by atoms with van der Waals surface area (Å²) in [6, 6.07) is 8.09. The highest BCUT2D eigenvalue weighted by Gasteiger charge is 1.93. The van der Waals surface area contributed by atoms with Crippen LogP contribution >= 0.6 is 11.8 Å². The summed E-state index contributed by atoms with van der Waals surface area (Å²) in [7, 11) is 1.68. The maximum Gasteiger partial charge on any atom is 0.118 e. The minimum atomic E-state index is 0.911. The molecule has 0 atom stereocenters. The van der Waals surface area contributed by atoms with Crippen LogP contribution in [0.4, 0.5) is 0 Å². The van der Waals surface area contributed by atoms with Crippen molar-refractivity contribution in [3.05, 3.63) is 31.2 Å². The Morgan fingerprint density at radius 3 is 2.50 bits per heavy atom. The molecule has 0 amide bonds. The Morgan fingerprint density at radius 1 is 1.33 bits per heavy atom. The number of thioether (sulfide) groups is 1. The Bertz CT molecular complexity index is 218. The first-order chi connectivity index (χ1) is 5.86. The van der Waals surface area contributed by atoms with E-state index < -0.39 is 0 Å². The molecule has 0 fully saturated rings. The van der Waals surface area contributed by atoms with Gasteiger partial charge in [0.1, 0.15) is 5.75 Å². The Morgan fingerprint density at radius 2 is 2.00 bits per heavy atom. The molecule has 0 N–H and O–H groups in total. The van der Waals surface area contributed by atoms with Crippen LogP contribution in [-0.2, 0) is 0 Å². The molecule has 0 saturated carbocycles. The van der Waals surface area contributed by atoms with Crippen molar-refractivity contribution >= 4 is 11.8 Å². The molecule has 0 aliphatic carbocycles. The summed E-state index contributed by atoms with van der Waals surface area (Å²) in [6.07, 6.45) is 0.969. The lowest BCUT2D eigenvalue weighted by Gasteiger charge is -2.01. The van der Waals surface area contributed by atoms with Gasteiger partial charge in [-0.3, -0.25) is 0 Å². The minimum absolute atomic E-state index is 0.911. The first kappa shape index (κ1) is 9.46. The van der Waals surface area contributed by atoms with Crippen LogP contribution in [0.2, 0.25) is 0 Å². The van der Waals surface area contributed by atoms with Crippen molar-refractivity contribution in [2.45, 2.75) is 11.3 Å². The number of hydrogen-bond donors (Lipinski definition) is 0. The van der Waals surface area contributed by atoms with Crippen molar-refractivity contribution in [1.82, 2.24) is 0 Å². The van der Waals surface area contributed by atoms with E-state index in [9.17, 15) is 0 Å². The van der Waals surface area contributed by atoms with Crippen LogP contribution in [-0.4, -0.2) is 12.9 Å². The summed E-state index contributed by atoms with van der Waals surface area (Å²) in [6.45, 7) is 3.79. The van der Waals surface area contributed by atoms with Crippen LogP contribution in [0.5, 0.6) is 5.75 Å². The number of rotatable bonds is 4. The molecule has 0 heterocycles. The van der Waals surface area contributed by atoms with E-state index in [1.54, 1.807) is 7.11 Å². The SMILES string of the molecule is [CH2]CCSc1ccc(OC)cc1. The van der Waals surface area contributed by atoms with Gasteiger partial charge in [0.25, 0.3) is 0 Å². The van der Waals surface area contributed by atoms with E-state index in [-0.39, 0.29) is 0 Å². The van der Waals surface area contributed by atoms with Crippen molar-refractivity contribution in [1.29, 1.82) is 0 Å². The van der Waals surface area contributed by atoms with Crippen LogP contribution in [0.25, 0.3) is 0 Å². The van der Waals surface area contributed by atoms with Gasteiger partial charge < -0.3 is 4.74 Å². The van der Waals surface area contributed by atoms with Gasteiger partial charge in [0.05, 0.1) is 7.11 Å². The molecule has 1 aromatic rings. The summed E-state index contributed by atoms with van der Waals surface area (Å²) in [4.78, 5) is 1.28. The van der Waals surface area contributed by atoms with Crippen LogP contribution in [0.15, 0.2) is 29.2 Å². The fourth-order valence-electron chi connectivity index (χ4n) is 0.862. The third-order valence-corrected chi connectivity index (χ3v) is 2.57. The maximum absolute atomic E-state index is 5.05. The van der Waals surface area contributed by atoms with E-state index >= 15 is 0 Å². The van der Waals surface area contributed by atoms with Gasteiger partial charge >= 0.3 is 0 Å². The van der Waals surface area contributed by atoms with E-state index in [4.69, 9.17) is 4.74 Å². The normalized spacial score (nSPS) is 9.83. The lowest BCUT2D eigenvalue weighted by Crippen LogP contribution is -1.81. The largest absolute Gasteiger partial charge is 0.497 e. The molecule has 0 aliphatic heterocycles. The second-order valence-corrected chi connectivity index (χ2v) is 3.55. The van der Waals surface area contributed by atoms with Crippen molar-refractivity contribution in [2.75, 3.05) is 12.9 Å². The topological polar surface area (TPSA) is 9.23 Å². The molecular formula is C10H13OS. The predicted octanol–water partition coefficient (Wildman–Crippen LogP) is 3.01. The van der Waals surface area contributed by atoms with Gasteiger partial charge in [-0.15, -0.1) is 11.8 Å². The average molecular weight is 181 g/mol. The highest BCUT2D eigenvalue weighted by Crippen LogP contribution is 2.21. The van der Waals surface area contributed by atoms with Crippen LogP contribution < -0.4 is 4.74 Å². The second kappa shape index (κ2) is 5.09. The maximum atomic E-state index is 5.05. The zero-order chi connectivity index (χ0) is 8.81. The molecule has 0 saturated heterocycles. The highest BCUT2D eigenvalue weighted by atomic mass is 32.2. The van der Waals surface area contributed by atoms with Gasteiger partial charge in [-0.2, -0.15) is 0 Å². The van der Waals surface area contributed by atoms with E-state index in [1.165, 1.54) is 4.90 Å². The van der Waals surface area contributed by atoms with Crippen molar-refractivity contribution in [3.8, 4) is 5.75 Å². The Labute approximate surface area is 78.1 Å². The summed E-state index contributed by atoms with van der Waals surface area (Å²) in [5.41, 5.74) is 0. The van der Waals surface area contributed by atoms with Crippen LogP contribution in [0.3, 0.4) is 0 Å². The Hall–Kier alpha value is -0.630. The van der Waals surface area contributed by atoms with Gasteiger partial charge in [0.15, 0.2) is 0 Å². The fraction of sp³-hybridized carbons (Fsp3) is 0.300. The summed E-state index contributed by atoms with van der Waals surface area (Å²) >= 11 is 1.82. The number of benzene rings is 1. The molecule has 1 nitrogen and oxygen atoms in total. The monoisotopic (exact) mass is 181 g/mol. The third kappa shape index (κ3) is 2.78. The van der Waals surface area contributed by atoms with E-state index in [0.717, 1.165) is 17.9 Å². The molecule has 1 radical (unpaired) electrons. The molecule has 12 heavy (non-hydrogen) atoms. The van der Waals surface area contributed by atoms with E-state index in [2.05, 4.69) is 19.1 Å². The standard InChI is InChI=1S/C10H13OS/c1-3-8-12-10-6-4-9(11-2)5-7-10/h4-7H,1,3,8H2,2H3. The Kier molecular flexibility index (Phi) is 4.01. The quantitative estimate of drug-likeness (QED) is 0.660. The Balaban J connectivity index is 2.53. The van der Waals surface area contributed by atoms with Gasteiger partial charge in [0.2, 0.25) is 0 Å². The molecule has 0 unspecified atom stereocenters. The molecule has 0 aliphatic rings. The second-order valence-electron chi connectivity index (χ2n) is 2.38. The smallest absolute Gasteiger partial charge is 0.118 e. The van der Waals surface area contributed by atoms with Gasteiger partial charge in [-0.25, -0.2) is 0 Å². The van der Waals surface area contributed by atoms with Gasteiger partial charge in [-0.1, -0.05) is 6.92 Å². The minimum Gasteiger partial charge on any atom is -0.497 e. The summed E-state index contributed by atoms with van der Waals surface area (Å²) < 4.78 is 5.05. The highest BCUT2D eigenvalue weighted by molar-refractivity contribution is 7.99. The molecule has 65 valence electrons. The first-order valence-electron chi connectivity index (χ1n) is 3.93. The lowest BCUT2D eigenvalue weighted by atomic mass is 10.3. The van der Waals surface area contributed by atoms with Gasteiger partial charge in [-0.05, 0) is 36.4 Å². The number of ether oxygens (including phenoxy) is 1. The zero-order valence-corrected chi connectivity index (χ0v) is 8.06. The van der Waals surface area contributed by atoms with Crippen LogP contribution in [0.1, 0.15) is 6.42 Å². The molecule has 0 bridgehead atoms. The van der Waals surface area contributed by atoms with E-state index in [0.29, 0.717) is 0 Å². The van der Waals surface area contributed by atoms with Crippen LogP contribution in [0, 0.1) is 6.92 Å². The predicted molar refractivity (Wildman–Crippen MR) is 53.7 cm³/mol. The molecule has 0 aromatic heterocycles. The van der Waals surface area contributed by atoms with Crippen molar-refractivity contribution in [3.63, 3.8) is 0 Å². The molecular weight excluding hydrogens is 168 g/mol.